The highest BCUT2D eigenvalue weighted by atomic mass is 16.4. The summed E-state index contributed by atoms with van der Waals surface area (Å²) in [5.74, 6) is -0.528. The minimum absolute atomic E-state index is 0.132. The van der Waals surface area contributed by atoms with Gasteiger partial charge in [0.05, 0.1) is 5.92 Å². The summed E-state index contributed by atoms with van der Waals surface area (Å²) in [7, 11) is 0. The summed E-state index contributed by atoms with van der Waals surface area (Å²) in [6.07, 6.45) is 0.805. The fourth-order valence-electron chi connectivity index (χ4n) is 1.54. The fourth-order valence-corrected chi connectivity index (χ4v) is 1.54. The highest BCUT2D eigenvalue weighted by Crippen LogP contribution is 2.47. The molecule has 1 aliphatic carbocycles. The number of rotatable bonds is 2. The van der Waals surface area contributed by atoms with Crippen molar-refractivity contribution < 1.29 is 9.90 Å². The highest BCUT2D eigenvalue weighted by molar-refractivity contribution is 5.75. The Bertz CT molecular complexity index is 292. The molecule has 62 valence electrons. The van der Waals surface area contributed by atoms with Crippen molar-refractivity contribution in [2.24, 2.45) is 5.92 Å². The molecule has 2 nitrogen and oxygen atoms in total. The van der Waals surface area contributed by atoms with E-state index in [1.807, 2.05) is 30.3 Å². The van der Waals surface area contributed by atoms with Gasteiger partial charge in [0.15, 0.2) is 0 Å². The van der Waals surface area contributed by atoms with Crippen molar-refractivity contribution in [3.63, 3.8) is 0 Å². The minimum Gasteiger partial charge on any atom is -0.481 e. The number of benzene rings is 1. The van der Waals surface area contributed by atoms with Crippen LogP contribution in [-0.4, -0.2) is 11.1 Å². The number of aliphatic carboxylic acids is 1. The van der Waals surface area contributed by atoms with Gasteiger partial charge in [-0.05, 0) is 17.9 Å². The van der Waals surface area contributed by atoms with Crippen LogP contribution in [-0.2, 0) is 4.79 Å². The Hall–Kier alpha value is -1.31. The van der Waals surface area contributed by atoms with E-state index in [9.17, 15) is 4.79 Å². The van der Waals surface area contributed by atoms with Gasteiger partial charge in [0, 0.05) is 0 Å². The van der Waals surface area contributed by atoms with Crippen LogP contribution >= 0.6 is 0 Å². The number of hydrogen-bond acceptors (Lipinski definition) is 1. The lowest BCUT2D eigenvalue weighted by atomic mass is 10.1. The molecule has 1 aromatic rings. The third-order valence-electron chi connectivity index (χ3n) is 2.34. The zero-order chi connectivity index (χ0) is 8.55. The SMILES string of the molecule is O=C(O)C1CC1c1ccccc1. The van der Waals surface area contributed by atoms with E-state index < -0.39 is 5.97 Å². The summed E-state index contributed by atoms with van der Waals surface area (Å²) in [5, 5.41) is 8.68. The second-order valence-electron chi connectivity index (χ2n) is 3.20. The number of hydrogen-bond donors (Lipinski definition) is 1. The molecule has 2 atom stereocenters. The predicted octanol–water partition coefficient (Wildman–Crippen LogP) is 1.87. The molecule has 0 heterocycles. The van der Waals surface area contributed by atoms with Crippen LogP contribution in [0.2, 0.25) is 0 Å². The monoisotopic (exact) mass is 162 g/mol. The van der Waals surface area contributed by atoms with Crippen LogP contribution in [0, 0.1) is 5.92 Å². The molecular formula is C10H10O2. The first-order valence-electron chi connectivity index (χ1n) is 4.07. The first kappa shape index (κ1) is 7.35. The van der Waals surface area contributed by atoms with E-state index in [0.29, 0.717) is 0 Å². The van der Waals surface area contributed by atoms with Gasteiger partial charge in [-0.15, -0.1) is 0 Å². The molecule has 0 radical (unpaired) electrons. The van der Waals surface area contributed by atoms with E-state index in [-0.39, 0.29) is 11.8 Å². The summed E-state index contributed by atoms with van der Waals surface area (Å²) >= 11 is 0. The van der Waals surface area contributed by atoms with Crippen LogP contribution in [0.25, 0.3) is 0 Å². The van der Waals surface area contributed by atoms with Crippen molar-refractivity contribution in [3.05, 3.63) is 35.9 Å². The molecule has 0 saturated heterocycles. The molecule has 1 fully saturated rings. The van der Waals surface area contributed by atoms with Gasteiger partial charge < -0.3 is 5.11 Å². The molecule has 2 unspecified atom stereocenters. The summed E-state index contributed by atoms with van der Waals surface area (Å²) < 4.78 is 0. The van der Waals surface area contributed by atoms with Crippen LogP contribution in [0.5, 0.6) is 0 Å². The lowest BCUT2D eigenvalue weighted by Crippen LogP contribution is -1.98. The molecule has 0 amide bonds. The molecule has 1 saturated carbocycles. The molecule has 1 aromatic carbocycles. The van der Waals surface area contributed by atoms with Crippen molar-refractivity contribution in [3.8, 4) is 0 Å². The van der Waals surface area contributed by atoms with E-state index >= 15 is 0 Å². The van der Waals surface area contributed by atoms with Crippen molar-refractivity contribution in [2.75, 3.05) is 0 Å². The van der Waals surface area contributed by atoms with Gasteiger partial charge in [-0.3, -0.25) is 4.79 Å². The normalized spacial score (nSPS) is 26.7. The fraction of sp³-hybridized carbons (Fsp3) is 0.300. The lowest BCUT2D eigenvalue weighted by Gasteiger charge is -1.95. The number of carboxylic acids is 1. The first-order valence-corrected chi connectivity index (χ1v) is 4.07. The maximum Gasteiger partial charge on any atom is 0.307 e. The van der Waals surface area contributed by atoms with E-state index in [4.69, 9.17) is 5.11 Å². The second-order valence-corrected chi connectivity index (χ2v) is 3.20. The van der Waals surface area contributed by atoms with Gasteiger partial charge in [0.2, 0.25) is 0 Å². The van der Waals surface area contributed by atoms with Crippen molar-refractivity contribution in [1.29, 1.82) is 0 Å². The van der Waals surface area contributed by atoms with Gasteiger partial charge in [0.25, 0.3) is 0 Å². The zero-order valence-electron chi connectivity index (χ0n) is 6.60. The molecular weight excluding hydrogens is 152 g/mol. The van der Waals surface area contributed by atoms with Crippen LogP contribution in [0.15, 0.2) is 30.3 Å². The third kappa shape index (κ3) is 1.20. The van der Waals surface area contributed by atoms with Crippen molar-refractivity contribution in [2.45, 2.75) is 12.3 Å². The molecule has 2 heteroatoms. The Morgan fingerprint density at radius 2 is 2.00 bits per heavy atom. The molecule has 1 N–H and O–H groups in total. The first-order chi connectivity index (χ1) is 5.79. The van der Waals surface area contributed by atoms with E-state index in [2.05, 4.69) is 0 Å². The summed E-state index contributed by atoms with van der Waals surface area (Å²) in [5.41, 5.74) is 1.16. The predicted molar refractivity (Wildman–Crippen MR) is 44.9 cm³/mol. The van der Waals surface area contributed by atoms with E-state index in [0.717, 1.165) is 12.0 Å². The Balaban J connectivity index is 2.11. The summed E-state index contributed by atoms with van der Waals surface area (Å²) in [6.45, 7) is 0. The molecule has 12 heavy (non-hydrogen) atoms. The Kier molecular flexibility index (Phi) is 1.61. The Labute approximate surface area is 70.8 Å². The smallest absolute Gasteiger partial charge is 0.307 e. The van der Waals surface area contributed by atoms with Crippen LogP contribution in [0.3, 0.4) is 0 Å². The Morgan fingerprint density at radius 1 is 1.33 bits per heavy atom. The molecule has 0 aliphatic heterocycles. The standard InChI is InChI=1S/C10H10O2/c11-10(12)9-6-8(9)7-4-2-1-3-5-7/h1-5,8-9H,6H2,(H,11,12). The molecule has 2 rings (SSSR count). The quantitative estimate of drug-likeness (QED) is 0.720. The van der Waals surface area contributed by atoms with Crippen LogP contribution in [0.4, 0.5) is 0 Å². The average molecular weight is 162 g/mol. The van der Waals surface area contributed by atoms with Gasteiger partial charge in [-0.1, -0.05) is 30.3 Å². The lowest BCUT2D eigenvalue weighted by molar-refractivity contribution is -0.138. The topological polar surface area (TPSA) is 37.3 Å². The summed E-state index contributed by atoms with van der Waals surface area (Å²) in [6, 6.07) is 9.84. The van der Waals surface area contributed by atoms with Crippen LogP contribution < -0.4 is 0 Å². The minimum atomic E-state index is -0.663. The number of carbonyl (C=O) groups is 1. The largest absolute Gasteiger partial charge is 0.481 e. The molecule has 1 aliphatic rings. The van der Waals surface area contributed by atoms with Gasteiger partial charge in [-0.25, -0.2) is 0 Å². The van der Waals surface area contributed by atoms with Crippen molar-refractivity contribution in [1.82, 2.24) is 0 Å². The molecule has 0 bridgehead atoms. The third-order valence-corrected chi connectivity index (χ3v) is 2.34. The zero-order valence-corrected chi connectivity index (χ0v) is 6.60. The second kappa shape index (κ2) is 2.63. The maximum absolute atomic E-state index is 10.5. The molecule has 0 aromatic heterocycles. The van der Waals surface area contributed by atoms with Gasteiger partial charge in [0.1, 0.15) is 0 Å². The summed E-state index contributed by atoms with van der Waals surface area (Å²) in [4.78, 5) is 10.5. The van der Waals surface area contributed by atoms with Crippen LogP contribution in [0.1, 0.15) is 17.9 Å². The Morgan fingerprint density at radius 3 is 2.50 bits per heavy atom. The average Bonchev–Trinajstić information content (AvgIpc) is 2.84. The highest BCUT2D eigenvalue weighted by Gasteiger charge is 2.43. The molecule has 0 spiro atoms. The number of carboxylic acid groups (broad SMARTS) is 1. The van der Waals surface area contributed by atoms with Crippen molar-refractivity contribution >= 4 is 5.97 Å². The van der Waals surface area contributed by atoms with E-state index in [1.165, 1.54) is 0 Å². The maximum atomic E-state index is 10.5. The van der Waals surface area contributed by atoms with Gasteiger partial charge in [-0.2, -0.15) is 0 Å². The van der Waals surface area contributed by atoms with E-state index in [1.54, 1.807) is 0 Å². The van der Waals surface area contributed by atoms with Gasteiger partial charge >= 0.3 is 5.97 Å².